The van der Waals surface area contributed by atoms with Crippen LogP contribution in [0.4, 0.5) is 0 Å². The van der Waals surface area contributed by atoms with Gasteiger partial charge in [0, 0.05) is 12.2 Å². The second-order valence-corrected chi connectivity index (χ2v) is 6.35. The number of carbonyl (C=O) groups is 1. The van der Waals surface area contributed by atoms with Crippen LogP contribution >= 0.6 is 0 Å². The normalized spacial score (nSPS) is 16.4. The molecule has 0 bridgehead atoms. The first-order valence-corrected chi connectivity index (χ1v) is 8.83. The fraction of sp³-hybridized carbons (Fsp3) is 0.250. The number of aromatic nitrogens is 2. The van der Waals surface area contributed by atoms with E-state index in [-0.39, 0.29) is 11.7 Å². The molecule has 138 valence electrons. The lowest BCUT2D eigenvalue weighted by Gasteiger charge is -2.12. The molecule has 0 radical (unpaired) electrons. The molecule has 2 heterocycles. The van der Waals surface area contributed by atoms with Gasteiger partial charge in [0.1, 0.15) is 18.7 Å². The Morgan fingerprint density at radius 1 is 1.26 bits per heavy atom. The highest BCUT2D eigenvalue weighted by molar-refractivity contribution is 6.00. The fourth-order valence-electron chi connectivity index (χ4n) is 3.01. The average molecular weight is 365 g/mol. The van der Waals surface area contributed by atoms with Gasteiger partial charge in [-0.1, -0.05) is 18.2 Å². The van der Waals surface area contributed by atoms with Crippen molar-refractivity contribution in [3.05, 3.63) is 70.8 Å². The van der Waals surface area contributed by atoms with Gasteiger partial charge in [-0.3, -0.25) is 15.0 Å². The van der Waals surface area contributed by atoms with Crippen LogP contribution in [0.1, 0.15) is 23.2 Å². The summed E-state index contributed by atoms with van der Waals surface area (Å²) in [7, 11) is 0. The Hall–Kier alpha value is -3.19. The number of nitrogens with one attached hydrogen (secondary N) is 1. The van der Waals surface area contributed by atoms with Gasteiger partial charge in [0.2, 0.25) is 0 Å². The minimum atomic E-state index is -0.420. The van der Waals surface area contributed by atoms with Gasteiger partial charge < -0.3 is 9.47 Å². The topological polar surface area (TPSA) is 82.5 Å². The van der Waals surface area contributed by atoms with Crippen molar-refractivity contribution in [1.29, 1.82) is 0 Å². The highest BCUT2D eigenvalue weighted by Crippen LogP contribution is 2.17. The van der Waals surface area contributed by atoms with E-state index in [9.17, 15) is 9.59 Å². The lowest BCUT2D eigenvalue weighted by Crippen LogP contribution is -2.33. The number of hydrogen-bond acceptors (Lipinski definition) is 5. The third-order valence-electron chi connectivity index (χ3n) is 4.44. The van der Waals surface area contributed by atoms with Crippen molar-refractivity contribution in [1.82, 2.24) is 9.66 Å². The van der Waals surface area contributed by atoms with Gasteiger partial charge in [0.05, 0.1) is 17.0 Å². The number of ether oxygens (including phenoxy) is 2. The first-order valence-electron chi connectivity index (χ1n) is 8.83. The summed E-state index contributed by atoms with van der Waals surface area (Å²) in [6, 6.07) is 13.8. The first kappa shape index (κ1) is 17.2. The maximum Gasteiger partial charge on any atom is 0.280 e. The molecule has 2 aromatic carbocycles. The number of amides is 1. The van der Waals surface area contributed by atoms with Crippen molar-refractivity contribution in [3.8, 4) is 5.75 Å². The molecule has 0 spiro atoms. The fourth-order valence-corrected chi connectivity index (χ4v) is 3.01. The Bertz CT molecular complexity index is 1020. The van der Waals surface area contributed by atoms with E-state index in [0.717, 1.165) is 24.1 Å². The Balaban J connectivity index is 1.49. The summed E-state index contributed by atoms with van der Waals surface area (Å²) in [6.45, 7) is 1.23. The van der Waals surface area contributed by atoms with Gasteiger partial charge in [0.25, 0.3) is 11.5 Å². The van der Waals surface area contributed by atoms with E-state index >= 15 is 0 Å². The molecule has 1 aliphatic rings. The van der Waals surface area contributed by atoms with Crippen molar-refractivity contribution >= 4 is 16.8 Å². The molecule has 7 heteroatoms. The number of carbonyl (C=O) groups excluding carboxylic acids is 1. The molecule has 0 aliphatic carbocycles. The third-order valence-corrected chi connectivity index (χ3v) is 4.44. The molecular formula is C20H19N3O4. The number of fused-ring (bicyclic) bond motifs is 1. The Kier molecular flexibility index (Phi) is 4.84. The molecule has 7 nitrogen and oxygen atoms in total. The van der Waals surface area contributed by atoms with Crippen LogP contribution < -0.4 is 15.7 Å². The third kappa shape index (κ3) is 3.83. The molecule has 1 aromatic heterocycles. The zero-order valence-corrected chi connectivity index (χ0v) is 14.6. The molecule has 27 heavy (non-hydrogen) atoms. The monoisotopic (exact) mass is 365 g/mol. The molecule has 0 unspecified atom stereocenters. The number of hydrogen-bond donors (Lipinski definition) is 1. The number of nitrogens with zero attached hydrogens (tertiary/aromatic N) is 2. The van der Waals surface area contributed by atoms with Crippen molar-refractivity contribution < 1.29 is 14.3 Å². The maximum absolute atomic E-state index is 12.5. The van der Waals surface area contributed by atoms with Crippen molar-refractivity contribution in [2.24, 2.45) is 0 Å². The predicted octanol–water partition coefficient (Wildman–Crippen LogP) is 2.34. The summed E-state index contributed by atoms with van der Waals surface area (Å²) in [6.07, 6.45) is 3.44. The standard InChI is InChI=1S/C20H19N3O4/c24-19(22-23-13-21-18-9-2-1-8-17(18)20(23)25)14-5-3-6-15(11-14)27-12-16-7-4-10-26-16/h1-3,5-6,8-9,11,13,16H,4,7,10,12H2,(H,22,24)/t16-/m1/s1. The van der Waals surface area contributed by atoms with E-state index in [1.807, 2.05) is 0 Å². The van der Waals surface area contributed by atoms with Gasteiger partial charge in [0.15, 0.2) is 0 Å². The SMILES string of the molecule is O=C(Nn1cnc2ccccc2c1=O)c1cccc(OC[C@H]2CCCO2)c1. The molecule has 1 amide bonds. The van der Waals surface area contributed by atoms with Gasteiger partial charge in [-0.15, -0.1) is 0 Å². The molecule has 1 saturated heterocycles. The summed E-state index contributed by atoms with van der Waals surface area (Å²) < 4.78 is 12.3. The minimum Gasteiger partial charge on any atom is -0.491 e. The smallest absolute Gasteiger partial charge is 0.280 e. The van der Waals surface area contributed by atoms with E-state index < -0.39 is 5.91 Å². The van der Waals surface area contributed by atoms with Crippen molar-refractivity contribution in [3.63, 3.8) is 0 Å². The minimum absolute atomic E-state index is 0.102. The van der Waals surface area contributed by atoms with E-state index in [1.54, 1.807) is 48.5 Å². The number of rotatable bonds is 5. The van der Waals surface area contributed by atoms with E-state index in [2.05, 4.69) is 10.4 Å². The second kappa shape index (κ2) is 7.59. The van der Waals surface area contributed by atoms with Crippen LogP contribution in [0.5, 0.6) is 5.75 Å². The predicted molar refractivity (Wildman–Crippen MR) is 101 cm³/mol. The van der Waals surface area contributed by atoms with Crippen LogP contribution in [0.2, 0.25) is 0 Å². The average Bonchev–Trinajstić information content (AvgIpc) is 3.22. The highest BCUT2D eigenvalue weighted by Gasteiger charge is 2.16. The Labute approximate surface area is 155 Å². The Morgan fingerprint density at radius 3 is 3.00 bits per heavy atom. The van der Waals surface area contributed by atoms with Gasteiger partial charge in [-0.2, -0.15) is 0 Å². The zero-order chi connectivity index (χ0) is 18.6. The molecule has 0 saturated carbocycles. The molecule has 1 fully saturated rings. The Morgan fingerprint density at radius 2 is 2.15 bits per heavy atom. The summed E-state index contributed by atoms with van der Waals surface area (Å²) in [5.74, 6) is 0.166. The van der Waals surface area contributed by atoms with Gasteiger partial charge in [-0.25, -0.2) is 9.66 Å². The molecule has 1 aliphatic heterocycles. The summed E-state index contributed by atoms with van der Waals surface area (Å²) in [4.78, 5) is 29.2. The van der Waals surface area contributed by atoms with Crippen LogP contribution in [0.25, 0.3) is 10.9 Å². The molecule has 1 atom stereocenters. The number of para-hydroxylation sites is 1. The van der Waals surface area contributed by atoms with Crippen LogP contribution in [0.3, 0.4) is 0 Å². The first-order chi connectivity index (χ1) is 13.2. The van der Waals surface area contributed by atoms with Crippen molar-refractivity contribution in [2.45, 2.75) is 18.9 Å². The quantitative estimate of drug-likeness (QED) is 0.750. The molecular weight excluding hydrogens is 346 g/mol. The maximum atomic E-state index is 12.5. The van der Waals surface area contributed by atoms with E-state index in [4.69, 9.17) is 9.47 Å². The van der Waals surface area contributed by atoms with E-state index in [1.165, 1.54) is 6.33 Å². The van der Waals surface area contributed by atoms with E-state index in [0.29, 0.717) is 28.8 Å². The lowest BCUT2D eigenvalue weighted by molar-refractivity contribution is 0.0679. The van der Waals surface area contributed by atoms with Crippen LogP contribution in [-0.2, 0) is 4.74 Å². The molecule has 3 aromatic rings. The van der Waals surface area contributed by atoms with Crippen molar-refractivity contribution in [2.75, 3.05) is 18.6 Å². The van der Waals surface area contributed by atoms with Crippen LogP contribution in [0.15, 0.2) is 59.7 Å². The second-order valence-electron chi connectivity index (χ2n) is 6.35. The molecule has 4 rings (SSSR count). The molecule has 1 N–H and O–H groups in total. The lowest BCUT2D eigenvalue weighted by atomic mass is 10.2. The number of benzene rings is 2. The van der Waals surface area contributed by atoms with Crippen LogP contribution in [0, 0.1) is 0 Å². The van der Waals surface area contributed by atoms with Crippen LogP contribution in [-0.4, -0.2) is 34.9 Å². The van der Waals surface area contributed by atoms with Gasteiger partial charge in [-0.05, 0) is 43.2 Å². The zero-order valence-electron chi connectivity index (χ0n) is 14.6. The summed E-state index contributed by atoms with van der Waals surface area (Å²) >= 11 is 0. The summed E-state index contributed by atoms with van der Waals surface area (Å²) in [5.41, 5.74) is 3.20. The van der Waals surface area contributed by atoms with Gasteiger partial charge >= 0.3 is 0 Å². The highest BCUT2D eigenvalue weighted by atomic mass is 16.5. The summed E-state index contributed by atoms with van der Waals surface area (Å²) in [5, 5.41) is 0.439. The largest absolute Gasteiger partial charge is 0.491 e.